The van der Waals surface area contributed by atoms with E-state index in [1.54, 1.807) is 91.0 Å². The van der Waals surface area contributed by atoms with Crippen molar-refractivity contribution in [1.82, 2.24) is 0 Å². The van der Waals surface area contributed by atoms with Crippen LogP contribution in [-0.4, -0.2) is 24.5 Å². The molecule has 40 heavy (non-hydrogen) atoms. The minimum Gasteiger partial charge on any atom is -0.490 e. The molecule has 4 amide bonds. The maximum Gasteiger partial charge on any atom is 0.343 e. The fourth-order valence-corrected chi connectivity index (χ4v) is 4.30. The number of carbonyl (C=O) groups is 3. The average Bonchev–Trinajstić information content (AvgIpc) is 2.96. The van der Waals surface area contributed by atoms with Gasteiger partial charge in [-0.05, 0) is 72.7 Å². The van der Waals surface area contributed by atoms with Crippen molar-refractivity contribution in [1.29, 1.82) is 0 Å². The van der Waals surface area contributed by atoms with E-state index in [2.05, 4.69) is 0 Å². The van der Waals surface area contributed by atoms with Crippen LogP contribution in [0.3, 0.4) is 0 Å². The molecule has 0 aromatic heterocycles. The van der Waals surface area contributed by atoms with Crippen molar-refractivity contribution in [2.45, 2.75) is 13.5 Å². The third-order valence-corrected chi connectivity index (χ3v) is 6.14. The van der Waals surface area contributed by atoms with Gasteiger partial charge in [0.1, 0.15) is 18.0 Å². The summed E-state index contributed by atoms with van der Waals surface area (Å²) in [4.78, 5) is 42.6. The number of nitrogens with zero attached hydrogens (tertiary/aromatic N) is 2. The summed E-state index contributed by atoms with van der Waals surface area (Å²) in [5.41, 5.74) is 1.64. The van der Waals surface area contributed by atoms with E-state index in [0.29, 0.717) is 40.6 Å². The lowest BCUT2D eigenvalue weighted by Gasteiger charge is -2.33. The number of anilines is 2. The second-order valence-corrected chi connectivity index (χ2v) is 8.85. The fourth-order valence-electron chi connectivity index (χ4n) is 4.30. The smallest absolute Gasteiger partial charge is 0.343 e. The Morgan fingerprint density at radius 3 is 1.90 bits per heavy atom. The number of hydrogen-bond donors (Lipinski definition) is 0. The van der Waals surface area contributed by atoms with Crippen molar-refractivity contribution in [2.24, 2.45) is 0 Å². The Labute approximate surface area is 230 Å². The number of imide groups is 2. The number of rotatable bonds is 8. The lowest BCUT2D eigenvalue weighted by Crippen LogP contribution is -2.57. The normalized spacial score (nSPS) is 13.4. The van der Waals surface area contributed by atoms with Crippen molar-refractivity contribution in [2.75, 3.05) is 16.4 Å². The van der Waals surface area contributed by atoms with Gasteiger partial charge in [-0.15, -0.1) is 0 Å². The molecule has 0 N–H and O–H groups in total. The Balaban J connectivity index is 1.52. The highest BCUT2D eigenvalue weighted by atomic mass is 19.1. The second-order valence-electron chi connectivity index (χ2n) is 8.85. The van der Waals surface area contributed by atoms with Crippen LogP contribution in [0.15, 0.2) is 109 Å². The molecular weight excluding hydrogens is 511 g/mol. The SMILES string of the molecule is CCOc1cc(C=C2C(=O)N(c3ccccc3)C(=O)N(c3ccccc3)C2=O)ccc1OCc1cccc(F)c1. The first-order valence-corrected chi connectivity index (χ1v) is 12.6. The third-order valence-electron chi connectivity index (χ3n) is 6.14. The van der Waals surface area contributed by atoms with Crippen molar-refractivity contribution in [3.8, 4) is 11.5 Å². The second kappa shape index (κ2) is 11.7. The van der Waals surface area contributed by atoms with E-state index >= 15 is 0 Å². The molecule has 4 aromatic rings. The lowest BCUT2D eigenvalue weighted by molar-refractivity contribution is -0.121. The quantitative estimate of drug-likeness (QED) is 0.193. The van der Waals surface area contributed by atoms with Crippen molar-refractivity contribution < 1.29 is 28.2 Å². The zero-order chi connectivity index (χ0) is 28.1. The first-order chi connectivity index (χ1) is 19.5. The number of urea groups is 1. The highest BCUT2D eigenvalue weighted by molar-refractivity contribution is 6.46. The number of carbonyl (C=O) groups excluding carboxylic acids is 3. The number of benzene rings is 4. The van der Waals surface area contributed by atoms with Crippen LogP contribution < -0.4 is 19.3 Å². The summed E-state index contributed by atoms with van der Waals surface area (Å²) in [6.07, 6.45) is 1.43. The molecule has 0 radical (unpaired) electrons. The highest BCUT2D eigenvalue weighted by Gasteiger charge is 2.43. The summed E-state index contributed by atoms with van der Waals surface area (Å²) in [6, 6.07) is 27.2. The van der Waals surface area contributed by atoms with E-state index < -0.39 is 17.8 Å². The molecule has 1 aliphatic heterocycles. The summed E-state index contributed by atoms with van der Waals surface area (Å²) in [6.45, 7) is 2.28. The first-order valence-electron chi connectivity index (χ1n) is 12.6. The van der Waals surface area contributed by atoms with Crippen molar-refractivity contribution in [3.63, 3.8) is 0 Å². The molecule has 0 saturated carbocycles. The van der Waals surface area contributed by atoms with Crippen molar-refractivity contribution >= 4 is 35.3 Å². The van der Waals surface area contributed by atoms with E-state index in [9.17, 15) is 18.8 Å². The van der Waals surface area contributed by atoms with Gasteiger partial charge in [0.05, 0.1) is 18.0 Å². The number of barbiturate groups is 1. The predicted molar refractivity (Wildman–Crippen MR) is 150 cm³/mol. The zero-order valence-electron chi connectivity index (χ0n) is 21.6. The lowest BCUT2D eigenvalue weighted by atomic mass is 10.0. The number of ether oxygens (including phenoxy) is 2. The van der Waals surface area contributed by atoms with Crippen LogP contribution in [0.2, 0.25) is 0 Å². The van der Waals surface area contributed by atoms with Crippen molar-refractivity contribution in [3.05, 3.63) is 126 Å². The Kier molecular flexibility index (Phi) is 7.68. The zero-order valence-corrected chi connectivity index (χ0v) is 21.6. The highest BCUT2D eigenvalue weighted by Crippen LogP contribution is 2.33. The monoisotopic (exact) mass is 536 g/mol. The molecule has 1 fully saturated rings. The molecule has 0 bridgehead atoms. The molecule has 4 aromatic carbocycles. The van der Waals surface area contributed by atoms with Gasteiger partial charge in [-0.3, -0.25) is 9.59 Å². The van der Waals surface area contributed by atoms with Gasteiger partial charge in [-0.1, -0.05) is 54.6 Å². The molecule has 8 heteroatoms. The van der Waals surface area contributed by atoms with E-state index in [0.717, 1.165) is 9.80 Å². The van der Waals surface area contributed by atoms with Crippen LogP contribution in [0.5, 0.6) is 11.5 Å². The third kappa shape index (κ3) is 5.47. The Morgan fingerprint density at radius 1 is 0.700 bits per heavy atom. The molecule has 0 aliphatic carbocycles. The van der Waals surface area contributed by atoms with Crippen LogP contribution in [0.4, 0.5) is 20.6 Å². The largest absolute Gasteiger partial charge is 0.490 e. The standard InChI is InChI=1S/C32H25FN2O5/c1-2-39-29-20-22(16-17-28(29)40-21-23-10-9-11-24(33)18-23)19-27-30(36)34(25-12-5-3-6-13-25)32(38)35(31(27)37)26-14-7-4-8-15-26/h3-20H,2,21H2,1H3. The van der Waals surface area contributed by atoms with Gasteiger partial charge in [0.2, 0.25) is 0 Å². The van der Waals surface area contributed by atoms with Crippen LogP contribution in [0, 0.1) is 5.82 Å². The minimum atomic E-state index is -0.763. The van der Waals surface area contributed by atoms with Gasteiger partial charge >= 0.3 is 6.03 Å². The van der Waals surface area contributed by atoms with E-state index in [-0.39, 0.29) is 18.0 Å². The van der Waals surface area contributed by atoms with Gasteiger partial charge < -0.3 is 9.47 Å². The van der Waals surface area contributed by atoms with Crippen LogP contribution in [0.25, 0.3) is 6.08 Å². The average molecular weight is 537 g/mol. The summed E-state index contributed by atoms with van der Waals surface area (Å²) in [7, 11) is 0. The molecule has 5 rings (SSSR count). The molecule has 1 aliphatic rings. The Bertz CT molecular complexity index is 1520. The molecular formula is C32H25FN2O5. The van der Waals surface area contributed by atoms with Gasteiger partial charge in [0.25, 0.3) is 11.8 Å². The summed E-state index contributed by atoms with van der Waals surface area (Å²) in [5, 5.41) is 0. The molecule has 1 saturated heterocycles. The number of hydrogen-bond acceptors (Lipinski definition) is 5. The molecule has 0 unspecified atom stereocenters. The maximum absolute atomic E-state index is 13.6. The Morgan fingerprint density at radius 2 is 1.32 bits per heavy atom. The number of para-hydroxylation sites is 2. The van der Waals surface area contributed by atoms with E-state index in [4.69, 9.17) is 9.47 Å². The molecule has 0 atom stereocenters. The summed E-state index contributed by atoms with van der Waals surface area (Å²) >= 11 is 0. The van der Waals surface area contributed by atoms with E-state index in [1.807, 2.05) is 6.92 Å². The predicted octanol–water partition coefficient (Wildman–Crippen LogP) is 6.39. The van der Waals surface area contributed by atoms with Crippen LogP contribution in [0.1, 0.15) is 18.1 Å². The summed E-state index contributed by atoms with van der Waals surface area (Å²) in [5.74, 6) is -1.03. The van der Waals surface area contributed by atoms with Gasteiger partial charge in [-0.25, -0.2) is 19.0 Å². The van der Waals surface area contributed by atoms with Crippen LogP contribution >= 0.6 is 0 Å². The Hall–Kier alpha value is -5.24. The van der Waals surface area contributed by atoms with Crippen LogP contribution in [-0.2, 0) is 16.2 Å². The van der Waals surface area contributed by atoms with Gasteiger partial charge in [-0.2, -0.15) is 0 Å². The molecule has 200 valence electrons. The first kappa shape index (κ1) is 26.4. The minimum absolute atomic E-state index is 0.120. The number of halogens is 1. The topological polar surface area (TPSA) is 76.2 Å². The number of amides is 4. The molecule has 1 heterocycles. The molecule has 0 spiro atoms. The van der Waals surface area contributed by atoms with Gasteiger partial charge in [0.15, 0.2) is 11.5 Å². The molecule has 7 nitrogen and oxygen atoms in total. The maximum atomic E-state index is 13.6. The van der Waals surface area contributed by atoms with Gasteiger partial charge in [0, 0.05) is 0 Å². The van der Waals surface area contributed by atoms with E-state index in [1.165, 1.54) is 18.2 Å². The summed E-state index contributed by atoms with van der Waals surface area (Å²) < 4.78 is 25.2. The fraction of sp³-hybridized carbons (Fsp3) is 0.0938.